The van der Waals surface area contributed by atoms with Crippen LogP contribution in [0.5, 0.6) is 0 Å². The van der Waals surface area contributed by atoms with Gasteiger partial charge in [-0.05, 0) is 41.1 Å². The molecule has 0 spiro atoms. The fourth-order valence-corrected chi connectivity index (χ4v) is 1.82. The van der Waals surface area contributed by atoms with Gasteiger partial charge in [0.05, 0.1) is 15.8 Å². The first kappa shape index (κ1) is 11.9. The Morgan fingerprint density at radius 3 is 2.47 bits per heavy atom. The van der Waals surface area contributed by atoms with E-state index >= 15 is 0 Å². The second-order valence-electron chi connectivity index (χ2n) is 3.84. The second-order valence-corrected chi connectivity index (χ2v) is 4.70. The fraction of sp³-hybridized carbons (Fsp3) is 0.0769. The van der Waals surface area contributed by atoms with Crippen LogP contribution in [-0.2, 0) is 0 Å². The Hall–Kier alpha value is -1.55. The lowest BCUT2D eigenvalue weighted by Gasteiger charge is -2.10. The molecule has 0 atom stereocenters. The molecular formula is C13H12BrFN2. The number of hydrogen-bond acceptors (Lipinski definition) is 2. The van der Waals surface area contributed by atoms with Crippen LogP contribution < -0.4 is 11.1 Å². The van der Waals surface area contributed by atoms with E-state index in [2.05, 4.69) is 21.2 Å². The standard InChI is InChI=1S/C13H12BrFN2/c1-8-2-4-9(5-3-8)17-13-7-11(15)10(14)6-12(13)16/h2-7,17H,16H2,1H3. The van der Waals surface area contributed by atoms with Gasteiger partial charge in [-0.3, -0.25) is 0 Å². The zero-order chi connectivity index (χ0) is 12.4. The molecule has 0 bridgehead atoms. The predicted molar refractivity (Wildman–Crippen MR) is 73.0 cm³/mol. The van der Waals surface area contributed by atoms with E-state index in [1.54, 1.807) is 6.07 Å². The first-order chi connectivity index (χ1) is 8.06. The average Bonchev–Trinajstić information content (AvgIpc) is 2.29. The molecule has 17 heavy (non-hydrogen) atoms. The van der Waals surface area contributed by atoms with Crippen molar-refractivity contribution in [1.29, 1.82) is 0 Å². The van der Waals surface area contributed by atoms with E-state index < -0.39 is 0 Å². The molecule has 0 aromatic heterocycles. The Morgan fingerprint density at radius 1 is 1.18 bits per heavy atom. The topological polar surface area (TPSA) is 38.0 Å². The SMILES string of the molecule is Cc1ccc(Nc2cc(F)c(Br)cc2N)cc1. The molecule has 0 aliphatic carbocycles. The van der Waals surface area contributed by atoms with Crippen molar-refractivity contribution in [3.8, 4) is 0 Å². The van der Waals surface area contributed by atoms with Gasteiger partial charge in [-0.25, -0.2) is 4.39 Å². The van der Waals surface area contributed by atoms with Crippen LogP contribution in [-0.4, -0.2) is 0 Å². The van der Waals surface area contributed by atoms with E-state index in [0.29, 0.717) is 15.8 Å². The lowest BCUT2D eigenvalue weighted by atomic mass is 10.2. The lowest BCUT2D eigenvalue weighted by molar-refractivity contribution is 0.622. The summed E-state index contributed by atoms with van der Waals surface area (Å²) in [6, 6.07) is 10.7. The van der Waals surface area contributed by atoms with E-state index in [-0.39, 0.29) is 5.82 Å². The number of nitrogen functional groups attached to an aromatic ring is 1. The summed E-state index contributed by atoms with van der Waals surface area (Å²) in [6.45, 7) is 2.01. The maximum Gasteiger partial charge on any atom is 0.139 e. The van der Waals surface area contributed by atoms with E-state index in [9.17, 15) is 4.39 Å². The Labute approximate surface area is 108 Å². The van der Waals surface area contributed by atoms with Gasteiger partial charge in [0.15, 0.2) is 0 Å². The van der Waals surface area contributed by atoms with Crippen LogP contribution >= 0.6 is 15.9 Å². The molecule has 0 heterocycles. The van der Waals surface area contributed by atoms with Gasteiger partial charge in [-0.1, -0.05) is 17.7 Å². The zero-order valence-electron chi connectivity index (χ0n) is 9.30. The van der Waals surface area contributed by atoms with Gasteiger partial charge in [0.1, 0.15) is 5.82 Å². The number of rotatable bonds is 2. The third-order valence-corrected chi connectivity index (χ3v) is 3.03. The number of benzene rings is 2. The largest absolute Gasteiger partial charge is 0.397 e. The summed E-state index contributed by atoms with van der Waals surface area (Å²) in [6.07, 6.45) is 0. The van der Waals surface area contributed by atoms with Crippen LogP contribution in [0.25, 0.3) is 0 Å². The van der Waals surface area contributed by atoms with Crippen molar-refractivity contribution >= 4 is 33.0 Å². The molecule has 0 saturated carbocycles. The number of halogens is 2. The van der Waals surface area contributed by atoms with Gasteiger partial charge in [-0.15, -0.1) is 0 Å². The van der Waals surface area contributed by atoms with Crippen molar-refractivity contribution in [1.82, 2.24) is 0 Å². The van der Waals surface area contributed by atoms with Crippen molar-refractivity contribution in [3.63, 3.8) is 0 Å². The summed E-state index contributed by atoms with van der Waals surface area (Å²) >= 11 is 3.09. The monoisotopic (exact) mass is 294 g/mol. The molecule has 88 valence electrons. The molecule has 4 heteroatoms. The quantitative estimate of drug-likeness (QED) is 0.814. The summed E-state index contributed by atoms with van der Waals surface area (Å²) in [5, 5.41) is 3.08. The molecular weight excluding hydrogens is 283 g/mol. The third kappa shape index (κ3) is 2.77. The third-order valence-electron chi connectivity index (χ3n) is 2.42. The van der Waals surface area contributed by atoms with Crippen LogP contribution in [0.4, 0.5) is 21.5 Å². The fourth-order valence-electron chi connectivity index (χ4n) is 1.46. The highest BCUT2D eigenvalue weighted by Gasteiger charge is 2.06. The van der Waals surface area contributed by atoms with Gasteiger partial charge in [0.2, 0.25) is 0 Å². The summed E-state index contributed by atoms with van der Waals surface area (Å²) in [5.41, 5.74) is 8.92. The predicted octanol–water partition coefficient (Wildman–Crippen LogP) is 4.22. The first-order valence-electron chi connectivity index (χ1n) is 5.14. The highest BCUT2D eigenvalue weighted by Crippen LogP contribution is 2.28. The molecule has 0 fully saturated rings. The molecule has 0 amide bonds. The van der Waals surface area contributed by atoms with Crippen molar-refractivity contribution < 1.29 is 4.39 Å². The molecule has 0 unspecified atom stereocenters. The Morgan fingerprint density at radius 2 is 1.82 bits per heavy atom. The minimum Gasteiger partial charge on any atom is -0.397 e. The second kappa shape index (κ2) is 4.75. The minimum atomic E-state index is -0.339. The highest BCUT2D eigenvalue weighted by molar-refractivity contribution is 9.10. The Kier molecular flexibility index (Phi) is 3.33. The Balaban J connectivity index is 2.30. The molecule has 2 aromatic carbocycles. The number of nitrogens with one attached hydrogen (secondary N) is 1. The van der Waals surface area contributed by atoms with Gasteiger partial charge >= 0.3 is 0 Å². The normalized spacial score (nSPS) is 10.3. The first-order valence-corrected chi connectivity index (χ1v) is 5.94. The van der Waals surface area contributed by atoms with Gasteiger partial charge in [0.25, 0.3) is 0 Å². The molecule has 2 nitrogen and oxygen atoms in total. The number of nitrogens with two attached hydrogens (primary N) is 1. The zero-order valence-corrected chi connectivity index (χ0v) is 10.9. The van der Waals surface area contributed by atoms with Crippen molar-refractivity contribution in [3.05, 3.63) is 52.3 Å². The average molecular weight is 295 g/mol. The maximum atomic E-state index is 13.4. The highest BCUT2D eigenvalue weighted by atomic mass is 79.9. The van der Waals surface area contributed by atoms with Crippen molar-refractivity contribution in [2.45, 2.75) is 6.92 Å². The lowest BCUT2D eigenvalue weighted by Crippen LogP contribution is -1.97. The van der Waals surface area contributed by atoms with E-state index in [0.717, 1.165) is 5.69 Å². The van der Waals surface area contributed by atoms with E-state index in [1.165, 1.54) is 11.6 Å². The molecule has 0 aliphatic heterocycles. The van der Waals surface area contributed by atoms with Crippen molar-refractivity contribution in [2.24, 2.45) is 0 Å². The van der Waals surface area contributed by atoms with Crippen LogP contribution in [0.2, 0.25) is 0 Å². The number of anilines is 3. The summed E-state index contributed by atoms with van der Waals surface area (Å²) in [4.78, 5) is 0. The van der Waals surface area contributed by atoms with Gasteiger partial charge in [0, 0.05) is 11.8 Å². The van der Waals surface area contributed by atoms with Crippen LogP contribution in [0.15, 0.2) is 40.9 Å². The van der Waals surface area contributed by atoms with Crippen LogP contribution in [0.3, 0.4) is 0 Å². The number of aryl methyl sites for hydroxylation is 1. The number of hydrogen-bond donors (Lipinski definition) is 2. The summed E-state index contributed by atoms with van der Waals surface area (Å²) < 4.78 is 13.7. The maximum absolute atomic E-state index is 13.4. The van der Waals surface area contributed by atoms with Crippen molar-refractivity contribution in [2.75, 3.05) is 11.1 Å². The Bertz CT molecular complexity index is 538. The van der Waals surface area contributed by atoms with E-state index in [4.69, 9.17) is 5.73 Å². The molecule has 3 N–H and O–H groups in total. The molecule has 2 aromatic rings. The molecule has 2 rings (SSSR count). The van der Waals surface area contributed by atoms with Gasteiger partial charge < -0.3 is 11.1 Å². The smallest absolute Gasteiger partial charge is 0.139 e. The summed E-state index contributed by atoms with van der Waals surface area (Å²) in [7, 11) is 0. The van der Waals surface area contributed by atoms with Crippen LogP contribution in [0, 0.1) is 12.7 Å². The molecule has 0 saturated heterocycles. The molecule has 0 aliphatic rings. The van der Waals surface area contributed by atoms with Crippen LogP contribution in [0.1, 0.15) is 5.56 Å². The molecule has 0 radical (unpaired) electrons. The summed E-state index contributed by atoms with van der Waals surface area (Å²) in [5.74, 6) is -0.339. The van der Waals surface area contributed by atoms with E-state index in [1.807, 2.05) is 31.2 Å². The minimum absolute atomic E-state index is 0.339. The van der Waals surface area contributed by atoms with Gasteiger partial charge in [-0.2, -0.15) is 0 Å².